The third kappa shape index (κ3) is 0.500. The van der Waals surface area contributed by atoms with Crippen LogP contribution >= 0.6 is 0 Å². The fourth-order valence-electron chi connectivity index (χ4n) is 0.807. The summed E-state index contributed by atoms with van der Waals surface area (Å²) in [5.74, 6) is 0.704. The van der Waals surface area contributed by atoms with E-state index in [1.165, 1.54) is 10.9 Å². The van der Waals surface area contributed by atoms with Crippen molar-refractivity contribution < 1.29 is 4.63 Å². The van der Waals surface area contributed by atoms with Gasteiger partial charge in [-0.2, -0.15) is 0 Å². The number of fused-ring (bicyclic) bond motifs is 1. The van der Waals surface area contributed by atoms with Gasteiger partial charge < -0.3 is 0 Å². The van der Waals surface area contributed by atoms with Crippen molar-refractivity contribution in [1.29, 1.82) is 0 Å². The minimum atomic E-state index is 0.704. The van der Waals surface area contributed by atoms with E-state index < -0.39 is 0 Å². The minimum absolute atomic E-state index is 0.704. The molecule has 2 aliphatic heterocycles. The van der Waals surface area contributed by atoms with E-state index in [2.05, 4.69) is 16.7 Å². The van der Waals surface area contributed by atoms with Crippen molar-refractivity contribution in [3.05, 3.63) is 18.8 Å². The maximum atomic E-state index is 4.79. The second kappa shape index (κ2) is 1.70. The highest BCUT2D eigenvalue weighted by molar-refractivity contribution is 5.52. The first-order valence-electron chi connectivity index (χ1n) is 2.83. The average molecular weight is 135 g/mol. The largest absolute Gasteiger partial charge is 0.261 e. The van der Waals surface area contributed by atoms with Crippen LogP contribution in [0.25, 0.3) is 17.7 Å². The first kappa shape index (κ1) is 5.22. The Balaban J connectivity index is 2.71. The van der Waals surface area contributed by atoms with Gasteiger partial charge >= 0.3 is 0 Å². The Labute approximate surface area is 57.1 Å². The zero-order chi connectivity index (χ0) is 6.97. The van der Waals surface area contributed by atoms with Crippen LogP contribution < -0.4 is 0 Å². The highest BCUT2D eigenvalue weighted by atomic mass is 16.6. The Hall–Kier alpha value is -1.58. The molecule has 50 valence electrons. The van der Waals surface area contributed by atoms with Gasteiger partial charge in [0.2, 0.25) is 5.82 Å². The number of nitrogens with zero attached hydrogens (tertiary/aromatic N) is 3. The lowest BCUT2D eigenvalue weighted by Crippen LogP contribution is -1.83. The van der Waals surface area contributed by atoms with E-state index in [0.717, 1.165) is 5.69 Å². The number of aromatic nitrogens is 3. The fraction of sp³-hybridized carbons (Fsp3) is 0. The van der Waals surface area contributed by atoms with Gasteiger partial charge in [0.25, 0.3) is 0 Å². The Bertz CT molecular complexity index is 322. The molecule has 0 unspecified atom stereocenters. The highest BCUT2D eigenvalue weighted by Crippen LogP contribution is 2.16. The quantitative estimate of drug-likeness (QED) is 0.587. The van der Waals surface area contributed by atoms with Crippen molar-refractivity contribution in [2.45, 2.75) is 0 Å². The number of rotatable bonds is 1. The summed E-state index contributed by atoms with van der Waals surface area (Å²) in [5, 5.41) is 3.70. The lowest BCUT2D eigenvalue weighted by molar-refractivity contribution is 0.267. The van der Waals surface area contributed by atoms with Gasteiger partial charge in [0, 0.05) is 12.4 Å². The van der Waals surface area contributed by atoms with Crippen molar-refractivity contribution in [1.82, 2.24) is 14.9 Å². The van der Waals surface area contributed by atoms with Gasteiger partial charge in [0.15, 0.2) is 5.69 Å². The summed E-state index contributed by atoms with van der Waals surface area (Å²) in [5.41, 5.74) is 0.750. The minimum Gasteiger partial charge on any atom is -0.261 e. The lowest BCUT2D eigenvalue weighted by Gasteiger charge is -1.85. The van der Waals surface area contributed by atoms with Crippen molar-refractivity contribution in [3.63, 3.8) is 0 Å². The molecule has 4 heteroatoms. The predicted octanol–water partition coefficient (Wildman–Crippen LogP) is 1.08. The average Bonchev–Trinajstić information content (AvgIpc) is 2.44. The van der Waals surface area contributed by atoms with Crippen LogP contribution in [0, 0.1) is 0 Å². The Morgan fingerprint density at radius 1 is 1.70 bits per heavy atom. The van der Waals surface area contributed by atoms with Gasteiger partial charge in [0.1, 0.15) is 0 Å². The normalized spacial score (nSPS) is 10.4. The molecule has 0 atom stereocenters. The molecule has 2 aliphatic rings. The molecule has 0 aromatic rings. The molecule has 0 aromatic carbocycles. The highest BCUT2D eigenvalue weighted by Gasteiger charge is 2.11. The van der Waals surface area contributed by atoms with Crippen LogP contribution in [0.5, 0.6) is 0 Å². The summed E-state index contributed by atoms with van der Waals surface area (Å²) in [7, 11) is 0. The van der Waals surface area contributed by atoms with Crippen molar-refractivity contribution in [2.24, 2.45) is 0 Å². The van der Waals surface area contributed by atoms with Gasteiger partial charge in [-0.15, -0.1) is 4.74 Å². The van der Waals surface area contributed by atoms with Crippen LogP contribution in [0.15, 0.2) is 23.5 Å². The monoisotopic (exact) mass is 135 g/mol. The van der Waals surface area contributed by atoms with E-state index >= 15 is 0 Å². The summed E-state index contributed by atoms with van der Waals surface area (Å²) in [6, 6.07) is 1.78. The SMILES string of the molecule is C=Cn1onc2ccnc1-2. The first-order valence-corrected chi connectivity index (χ1v) is 2.83. The molecule has 0 aromatic heterocycles. The maximum Gasteiger partial charge on any atom is 0.200 e. The molecule has 0 saturated carbocycles. The molecule has 0 radical (unpaired) electrons. The van der Waals surface area contributed by atoms with Crippen LogP contribution in [-0.2, 0) is 0 Å². The van der Waals surface area contributed by atoms with E-state index in [9.17, 15) is 0 Å². The maximum absolute atomic E-state index is 4.79. The lowest BCUT2D eigenvalue weighted by atomic mass is 10.4. The summed E-state index contributed by atoms with van der Waals surface area (Å²) in [6.07, 6.45) is 3.19. The molecular formula is C6H5N3O. The van der Waals surface area contributed by atoms with Crippen LogP contribution in [-0.4, -0.2) is 14.9 Å². The van der Waals surface area contributed by atoms with Gasteiger partial charge in [-0.1, -0.05) is 6.58 Å². The zero-order valence-electron chi connectivity index (χ0n) is 5.19. The Morgan fingerprint density at radius 3 is 3.40 bits per heavy atom. The molecule has 4 nitrogen and oxygen atoms in total. The standard InChI is InChI=1S/C6H5N3O/c1-2-9-6-5(8-10-9)3-4-7-6/h2-4H,1H2. The Morgan fingerprint density at radius 2 is 2.60 bits per heavy atom. The summed E-state index contributed by atoms with van der Waals surface area (Å²) < 4.78 is 6.20. The third-order valence-corrected chi connectivity index (χ3v) is 1.26. The van der Waals surface area contributed by atoms with Crippen LogP contribution in [0.2, 0.25) is 0 Å². The molecule has 2 rings (SSSR count). The van der Waals surface area contributed by atoms with Gasteiger partial charge in [-0.25, -0.2) is 4.98 Å². The molecule has 0 bridgehead atoms. The molecule has 0 aliphatic carbocycles. The Kier molecular flexibility index (Phi) is 0.887. The van der Waals surface area contributed by atoms with Crippen molar-refractivity contribution >= 4 is 6.20 Å². The van der Waals surface area contributed by atoms with Gasteiger partial charge in [-0.05, 0) is 11.2 Å². The van der Waals surface area contributed by atoms with Crippen LogP contribution in [0.1, 0.15) is 0 Å². The summed E-state index contributed by atoms with van der Waals surface area (Å²) in [4.78, 5) is 3.98. The summed E-state index contributed by atoms with van der Waals surface area (Å²) in [6.45, 7) is 3.52. The smallest absolute Gasteiger partial charge is 0.200 e. The van der Waals surface area contributed by atoms with E-state index in [1.54, 1.807) is 12.3 Å². The van der Waals surface area contributed by atoms with E-state index in [4.69, 9.17) is 4.63 Å². The second-order valence-electron chi connectivity index (χ2n) is 1.83. The van der Waals surface area contributed by atoms with E-state index in [-0.39, 0.29) is 0 Å². The first-order chi connectivity index (χ1) is 4.92. The van der Waals surface area contributed by atoms with E-state index in [1.807, 2.05) is 0 Å². The molecule has 0 spiro atoms. The molecule has 0 fully saturated rings. The topological polar surface area (TPSA) is 43.9 Å². The summed E-state index contributed by atoms with van der Waals surface area (Å²) >= 11 is 0. The van der Waals surface area contributed by atoms with E-state index in [0.29, 0.717) is 5.82 Å². The number of hydrogen-bond donors (Lipinski definition) is 0. The predicted molar refractivity (Wildman–Crippen MR) is 35.3 cm³/mol. The van der Waals surface area contributed by atoms with Gasteiger partial charge in [0.05, 0.1) is 0 Å². The molecular weight excluding hydrogens is 130 g/mol. The molecule has 0 saturated heterocycles. The van der Waals surface area contributed by atoms with Crippen molar-refractivity contribution in [3.8, 4) is 11.5 Å². The van der Waals surface area contributed by atoms with Crippen LogP contribution in [0.3, 0.4) is 0 Å². The zero-order valence-corrected chi connectivity index (χ0v) is 5.19. The van der Waals surface area contributed by atoms with Crippen LogP contribution in [0.4, 0.5) is 0 Å². The second-order valence-corrected chi connectivity index (χ2v) is 1.83. The van der Waals surface area contributed by atoms with Crippen molar-refractivity contribution in [2.75, 3.05) is 0 Å². The molecule has 10 heavy (non-hydrogen) atoms. The molecule has 0 amide bonds. The molecule has 0 N–H and O–H groups in total. The van der Waals surface area contributed by atoms with Gasteiger partial charge in [-0.3, -0.25) is 4.63 Å². The third-order valence-electron chi connectivity index (χ3n) is 1.26. The number of hydrogen-bond acceptors (Lipinski definition) is 3. The molecule has 2 heterocycles. The fourth-order valence-corrected chi connectivity index (χ4v) is 0.807.